The minimum Gasteiger partial charge on any atom is -0.381 e. The highest BCUT2D eigenvalue weighted by Crippen LogP contribution is 2.12. The van der Waals surface area contributed by atoms with Gasteiger partial charge in [0.25, 0.3) is 0 Å². The van der Waals surface area contributed by atoms with Gasteiger partial charge in [0.1, 0.15) is 0 Å². The summed E-state index contributed by atoms with van der Waals surface area (Å²) in [7, 11) is 1.82. The summed E-state index contributed by atoms with van der Waals surface area (Å²) in [6.45, 7) is 7.54. The van der Waals surface area contributed by atoms with Crippen LogP contribution in [0.25, 0.3) is 0 Å². The van der Waals surface area contributed by atoms with Crippen LogP contribution in [-0.2, 0) is 9.47 Å². The molecule has 1 unspecified atom stereocenters. The van der Waals surface area contributed by atoms with Crippen molar-refractivity contribution in [2.75, 3.05) is 46.6 Å². The Morgan fingerprint density at radius 2 is 2.00 bits per heavy atom. The molecule has 2 N–H and O–H groups in total. The van der Waals surface area contributed by atoms with Crippen LogP contribution >= 0.6 is 0 Å². The van der Waals surface area contributed by atoms with Gasteiger partial charge in [-0.1, -0.05) is 26.2 Å². The third kappa shape index (κ3) is 9.69. The Morgan fingerprint density at radius 3 is 2.67 bits per heavy atom. The van der Waals surface area contributed by atoms with Crippen LogP contribution in [0.3, 0.4) is 0 Å². The summed E-state index contributed by atoms with van der Waals surface area (Å²) < 4.78 is 11.0. The van der Waals surface area contributed by atoms with Crippen LogP contribution in [0.15, 0.2) is 4.99 Å². The van der Waals surface area contributed by atoms with Gasteiger partial charge in [-0.3, -0.25) is 4.99 Å². The maximum absolute atomic E-state index is 5.68. The van der Waals surface area contributed by atoms with E-state index in [0.29, 0.717) is 5.92 Å². The minimum atomic E-state index is 0.607. The number of guanidine groups is 1. The van der Waals surface area contributed by atoms with E-state index < -0.39 is 0 Å². The lowest BCUT2D eigenvalue weighted by atomic mass is 10.1. The average Bonchev–Trinajstić information content (AvgIpc) is 3.01. The molecular weight excluding hydrogens is 266 g/mol. The molecule has 0 amide bonds. The molecule has 1 aliphatic rings. The lowest BCUT2D eigenvalue weighted by molar-refractivity contribution is 0.0888. The first-order chi connectivity index (χ1) is 10.4. The second-order valence-corrected chi connectivity index (χ2v) is 5.64. The van der Waals surface area contributed by atoms with E-state index in [4.69, 9.17) is 9.47 Å². The number of aliphatic imine (C=N–C) groups is 1. The fourth-order valence-electron chi connectivity index (χ4n) is 2.32. The van der Waals surface area contributed by atoms with Crippen LogP contribution in [0.4, 0.5) is 0 Å². The van der Waals surface area contributed by atoms with Gasteiger partial charge < -0.3 is 20.1 Å². The Bertz CT molecular complexity index is 266. The standard InChI is InChI=1S/C16H33N3O2/c1-3-4-5-6-9-18-16(17-2)19-10-7-11-20-13-15-8-12-21-14-15/h15H,3-14H2,1-2H3,(H2,17,18,19). The number of nitrogens with zero attached hydrogens (tertiary/aromatic N) is 1. The first kappa shape index (κ1) is 18.2. The highest BCUT2D eigenvalue weighted by Gasteiger charge is 2.15. The van der Waals surface area contributed by atoms with Gasteiger partial charge in [0.2, 0.25) is 0 Å². The molecular formula is C16H33N3O2. The van der Waals surface area contributed by atoms with Crippen molar-refractivity contribution in [3.63, 3.8) is 0 Å². The number of unbranched alkanes of at least 4 members (excludes halogenated alkanes) is 3. The molecule has 0 aromatic rings. The SMILES string of the molecule is CCCCCCNC(=NC)NCCCOCC1CCOC1. The van der Waals surface area contributed by atoms with E-state index >= 15 is 0 Å². The maximum Gasteiger partial charge on any atom is 0.190 e. The summed E-state index contributed by atoms with van der Waals surface area (Å²) in [6, 6.07) is 0. The highest BCUT2D eigenvalue weighted by atomic mass is 16.5. The minimum absolute atomic E-state index is 0.607. The Morgan fingerprint density at radius 1 is 1.19 bits per heavy atom. The van der Waals surface area contributed by atoms with Crippen molar-refractivity contribution in [1.29, 1.82) is 0 Å². The molecule has 1 rings (SSSR count). The normalized spacial score (nSPS) is 19.0. The third-order valence-electron chi connectivity index (χ3n) is 3.68. The lowest BCUT2D eigenvalue weighted by Gasteiger charge is -2.12. The van der Waals surface area contributed by atoms with Crippen molar-refractivity contribution in [3.8, 4) is 0 Å². The van der Waals surface area contributed by atoms with Crippen LogP contribution in [0.5, 0.6) is 0 Å². The molecule has 1 atom stereocenters. The summed E-state index contributed by atoms with van der Waals surface area (Å²) in [5.74, 6) is 1.51. The second-order valence-electron chi connectivity index (χ2n) is 5.64. The van der Waals surface area contributed by atoms with Crippen LogP contribution in [0.2, 0.25) is 0 Å². The van der Waals surface area contributed by atoms with Crippen LogP contribution in [0, 0.1) is 5.92 Å². The Kier molecular flexibility index (Phi) is 11.2. The zero-order valence-corrected chi connectivity index (χ0v) is 13.8. The number of hydrogen-bond acceptors (Lipinski definition) is 3. The van der Waals surface area contributed by atoms with E-state index in [2.05, 4.69) is 22.5 Å². The average molecular weight is 299 g/mol. The van der Waals surface area contributed by atoms with Gasteiger partial charge in [0.05, 0.1) is 13.2 Å². The van der Waals surface area contributed by atoms with Crippen molar-refractivity contribution in [1.82, 2.24) is 10.6 Å². The molecule has 1 heterocycles. The van der Waals surface area contributed by atoms with E-state index in [1.165, 1.54) is 25.7 Å². The fourth-order valence-corrected chi connectivity index (χ4v) is 2.32. The number of ether oxygens (including phenoxy) is 2. The molecule has 124 valence electrons. The van der Waals surface area contributed by atoms with Crippen LogP contribution in [0.1, 0.15) is 45.4 Å². The molecule has 0 radical (unpaired) electrons. The second kappa shape index (κ2) is 12.9. The zero-order valence-electron chi connectivity index (χ0n) is 13.8. The first-order valence-corrected chi connectivity index (χ1v) is 8.46. The van der Waals surface area contributed by atoms with Crippen molar-refractivity contribution < 1.29 is 9.47 Å². The topological polar surface area (TPSA) is 54.9 Å². The van der Waals surface area contributed by atoms with Crippen LogP contribution < -0.4 is 10.6 Å². The predicted molar refractivity (Wildman–Crippen MR) is 87.9 cm³/mol. The van der Waals surface area contributed by atoms with Gasteiger partial charge in [0.15, 0.2) is 5.96 Å². The van der Waals surface area contributed by atoms with Crippen LogP contribution in [-0.4, -0.2) is 52.5 Å². The van der Waals surface area contributed by atoms with Gasteiger partial charge in [0, 0.05) is 39.3 Å². The smallest absolute Gasteiger partial charge is 0.190 e. The molecule has 0 aromatic carbocycles. The molecule has 0 bridgehead atoms. The van der Waals surface area contributed by atoms with Gasteiger partial charge in [-0.05, 0) is 19.3 Å². The quantitative estimate of drug-likeness (QED) is 0.349. The van der Waals surface area contributed by atoms with Crippen molar-refractivity contribution in [2.45, 2.75) is 45.4 Å². The van der Waals surface area contributed by atoms with Gasteiger partial charge in [-0.25, -0.2) is 0 Å². The summed E-state index contributed by atoms with van der Waals surface area (Å²) in [6.07, 6.45) is 7.24. The molecule has 21 heavy (non-hydrogen) atoms. The van der Waals surface area contributed by atoms with E-state index in [1.54, 1.807) is 0 Å². The Labute approximate surface area is 129 Å². The number of hydrogen-bond donors (Lipinski definition) is 2. The largest absolute Gasteiger partial charge is 0.381 e. The molecule has 0 aromatic heterocycles. The van der Waals surface area contributed by atoms with E-state index in [1.807, 2.05) is 7.05 Å². The van der Waals surface area contributed by atoms with E-state index in [-0.39, 0.29) is 0 Å². The molecule has 0 spiro atoms. The Hall–Kier alpha value is -0.810. The third-order valence-corrected chi connectivity index (χ3v) is 3.68. The summed E-state index contributed by atoms with van der Waals surface area (Å²) >= 11 is 0. The maximum atomic E-state index is 5.68. The molecule has 1 saturated heterocycles. The van der Waals surface area contributed by atoms with Crippen molar-refractivity contribution in [2.24, 2.45) is 10.9 Å². The molecule has 5 heteroatoms. The molecule has 5 nitrogen and oxygen atoms in total. The van der Waals surface area contributed by atoms with Gasteiger partial charge in [-0.2, -0.15) is 0 Å². The zero-order chi connectivity index (χ0) is 15.2. The monoisotopic (exact) mass is 299 g/mol. The van der Waals surface area contributed by atoms with Crippen molar-refractivity contribution >= 4 is 5.96 Å². The number of nitrogens with one attached hydrogen (secondary N) is 2. The summed E-state index contributed by atoms with van der Waals surface area (Å²) in [5, 5.41) is 6.67. The van der Waals surface area contributed by atoms with Gasteiger partial charge >= 0.3 is 0 Å². The summed E-state index contributed by atoms with van der Waals surface area (Å²) in [4.78, 5) is 4.22. The van der Waals surface area contributed by atoms with E-state index in [0.717, 1.165) is 58.3 Å². The predicted octanol–water partition coefficient (Wildman–Crippen LogP) is 2.17. The molecule has 1 fully saturated rings. The van der Waals surface area contributed by atoms with E-state index in [9.17, 15) is 0 Å². The molecule has 0 aliphatic carbocycles. The van der Waals surface area contributed by atoms with Gasteiger partial charge in [-0.15, -0.1) is 0 Å². The number of rotatable bonds is 11. The fraction of sp³-hybridized carbons (Fsp3) is 0.938. The molecule has 1 aliphatic heterocycles. The van der Waals surface area contributed by atoms with Crippen molar-refractivity contribution in [3.05, 3.63) is 0 Å². The highest BCUT2D eigenvalue weighted by molar-refractivity contribution is 5.79. The lowest BCUT2D eigenvalue weighted by Crippen LogP contribution is -2.38. The summed E-state index contributed by atoms with van der Waals surface area (Å²) in [5.41, 5.74) is 0. The first-order valence-electron chi connectivity index (χ1n) is 8.46. The molecule has 0 saturated carbocycles. The Balaban J connectivity index is 1.89.